The molecule has 0 aliphatic rings. The maximum atomic E-state index is 11.4. The number of benzene rings is 2. The number of ether oxygens (including phenoxy) is 1. The van der Waals surface area contributed by atoms with Gasteiger partial charge in [-0.15, -0.1) is 0 Å². The lowest BCUT2D eigenvalue weighted by molar-refractivity contribution is -0.138. The average molecular weight is 382 g/mol. The zero-order valence-corrected chi connectivity index (χ0v) is 14.8. The maximum absolute atomic E-state index is 11.4. The molecule has 0 saturated carbocycles. The number of hydrogen-bond donors (Lipinski definition) is 2. The molecule has 25 heavy (non-hydrogen) atoms. The number of rotatable bonds is 8. The monoisotopic (exact) mass is 381 g/mol. The van der Waals surface area contributed by atoms with Crippen molar-refractivity contribution in [3.63, 3.8) is 0 Å². The van der Waals surface area contributed by atoms with Gasteiger partial charge in [0.1, 0.15) is 11.5 Å². The van der Waals surface area contributed by atoms with Crippen LogP contribution in [0, 0.1) is 0 Å². The number of nitrogens with one attached hydrogen (secondary N) is 1. The van der Waals surface area contributed by atoms with Gasteiger partial charge < -0.3 is 15.2 Å². The van der Waals surface area contributed by atoms with Gasteiger partial charge in [-0.2, -0.15) is 0 Å². The van der Waals surface area contributed by atoms with Gasteiger partial charge in [0.2, 0.25) is 5.91 Å². The zero-order chi connectivity index (χ0) is 18.2. The van der Waals surface area contributed by atoms with E-state index in [1.54, 1.807) is 30.3 Å². The normalized spacial score (nSPS) is 10.3. The Labute approximate surface area is 155 Å². The fraction of sp³-hybridized carbons (Fsp3) is 0.222. The number of carboxylic acids is 1. The van der Waals surface area contributed by atoms with Gasteiger partial charge in [0, 0.05) is 24.1 Å². The van der Waals surface area contributed by atoms with Crippen LogP contribution in [0.25, 0.3) is 0 Å². The molecule has 0 aliphatic carbocycles. The largest absolute Gasteiger partial charge is 0.481 e. The number of halogens is 2. The second-order valence-corrected chi connectivity index (χ2v) is 6.16. The van der Waals surface area contributed by atoms with Gasteiger partial charge in [-0.1, -0.05) is 35.3 Å². The highest BCUT2D eigenvalue weighted by Crippen LogP contribution is 2.31. The molecular formula is C18H17Cl2NO4. The minimum atomic E-state index is -0.981. The van der Waals surface area contributed by atoms with Crippen LogP contribution in [0.5, 0.6) is 11.5 Å². The zero-order valence-electron chi connectivity index (χ0n) is 13.3. The molecule has 0 saturated heterocycles. The number of aliphatic carboxylic acids is 1. The topological polar surface area (TPSA) is 75.6 Å². The lowest BCUT2D eigenvalue weighted by Crippen LogP contribution is -2.25. The van der Waals surface area contributed by atoms with Crippen LogP contribution in [0.4, 0.5) is 0 Å². The van der Waals surface area contributed by atoms with E-state index >= 15 is 0 Å². The molecule has 2 N–H and O–H groups in total. The summed E-state index contributed by atoms with van der Waals surface area (Å²) in [5, 5.41) is 12.2. The van der Waals surface area contributed by atoms with E-state index in [2.05, 4.69) is 5.32 Å². The van der Waals surface area contributed by atoms with Crippen LogP contribution in [0.1, 0.15) is 18.4 Å². The minimum Gasteiger partial charge on any atom is -0.481 e. The van der Waals surface area contributed by atoms with E-state index in [0.29, 0.717) is 34.5 Å². The van der Waals surface area contributed by atoms with E-state index in [4.69, 9.17) is 33.0 Å². The third kappa shape index (κ3) is 6.64. The molecule has 2 rings (SSSR count). The molecule has 0 bridgehead atoms. The van der Waals surface area contributed by atoms with Crippen molar-refractivity contribution in [3.8, 4) is 11.5 Å². The molecule has 2 aromatic rings. The Morgan fingerprint density at radius 3 is 2.44 bits per heavy atom. The highest BCUT2D eigenvalue weighted by atomic mass is 35.5. The van der Waals surface area contributed by atoms with Crippen LogP contribution in [0.15, 0.2) is 42.5 Å². The molecule has 5 nitrogen and oxygen atoms in total. The molecule has 132 valence electrons. The van der Waals surface area contributed by atoms with Crippen molar-refractivity contribution in [2.75, 3.05) is 6.54 Å². The van der Waals surface area contributed by atoms with Crippen molar-refractivity contribution < 1.29 is 19.4 Å². The second kappa shape index (κ2) is 9.30. The number of carbonyl (C=O) groups excluding carboxylic acids is 1. The molecule has 2 aromatic carbocycles. The van der Waals surface area contributed by atoms with Crippen LogP contribution in [-0.4, -0.2) is 23.5 Å². The van der Waals surface area contributed by atoms with Crippen molar-refractivity contribution in [2.24, 2.45) is 0 Å². The van der Waals surface area contributed by atoms with Crippen LogP contribution < -0.4 is 10.1 Å². The molecule has 0 aliphatic heterocycles. The molecule has 0 spiro atoms. The van der Waals surface area contributed by atoms with Crippen molar-refractivity contribution >= 4 is 35.1 Å². The summed E-state index contributed by atoms with van der Waals surface area (Å²) in [6.07, 6.45) is 0.462. The molecule has 0 radical (unpaired) electrons. The third-order valence-corrected chi connectivity index (χ3v) is 3.89. The second-order valence-electron chi connectivity index (χ2n) is 5.31. The molecule has 0 fully saturated rings. The Hall–Kier alpha value is -2.24. The highest BCUT2D eigenvalue weighted by Gasteiger charge is 2.06. The van der Waals surface area contributed by atoms with Gasteiger partial charge in [0.05, 0.1) is 11.4 Å². The fourth-order valence-electron chi connectivity index (χ4n) is 2.06. The summed E-state index contributed by atoms with van der Waals surface area (Å²) in [6.45, 7) is 0.443. The summed E-state index contributed by atoms with van der Waals surface area (Å²) >= 11 is 12.0. The molecule has 0 unspecified atom stereocenters. The first-order valence-corrected chi connectivity index (χ1v) is 8.40. The average Bonchev–Trinajstić information content (AvgIpc) is 2.58. The lowest BCUT2D eigenvalue weighted by atomic mass is 10.1. The number of carboxylic acid groups (broad SMARTS) is 1. The molecule has 1 amide bonds. The summed E-state index contributed by atoms with van der Waals surface area (Å²) in [5.74, 6) is -0.144. The molecule has 7 heteroatoms. The van der Waals surface area contributed by atoms with Crippen molar-refractivity contribution in [2.45, 2.75) is 19.3 Å². The lowest BCUT2D eigenvalue weighted by Gasteiger charge is -2.09. The van der Waals surface area contributed by atoms with Gasteiger partial charge >= 0.3 is 5.97 Å². The standard InChI is InChI=1S/C18H17Cl2NO4/c19-13-3-6-15(20)16(11-13)25-14-4-1-12(2-5-14)9-10-21-17(22)7-8-18(23)24/h1-6,11H,7-10H2,(H,21,22)(H,23,24). The Morgan fingerprint density at radius 1 is 1.04 bits per heavy atom. The smallest absolute Gasteiger partial charge is 0.303 e. The molecule has 0 heterocycles. The SMILES string of the molecule is O=C(O)CCC(=O)NCCc1ccc(Oc2cc(Cl)ccc2Cl)cc1. The third-order valence-electron chi connectivity index (χ3n) is 3.35. The van der Waals surface area contributed by atoms with Crippen LogP contribution in [0.2, 0.25) is 10.0 Å². The first-order valence-electron chi connectivity index (χ1n) is 7.64. The first-order chi connectivity index (χ1) is 11.9. The van der Waals surface area contributed by atoms with Gasteiger partial charge in [-0.05, 0) is 36.2 Å². The quantitative estimate of drug-likeness (QED) is 0.714. The van der Waals surface area contributed by atoms with E-state index in [0.717, 1.165) is 5.56 Å². The van der Waals surface area contributed by atoms with Crippen LogP contribution in [-0.2, 0) is 16.0 Å². The Kier molecular flexibility index (Phi) is 7.10. The van der Waals surface area contributed by atoms with E-state index < -0.39 is 5.97 Å². The van der Waals surface area contributed by atoms with E-state index in [1.165, 1.54) is 0 Å². The van der Waals surface area contributed by atoms with Gasteiger partial charge in [-0.25, -0.2) is 0 Å². The fourth-order valence-corrected chi connectivity index (χ4v) is 2.38. The van der Waals surface area contributed by atoms with Crippen molar-refractivity contribution in [1.82, 2.24) is 5.32 Å². The summed E-state index contributed by atoms with van der Waals surface area (Å²) in [7, 11) is 0. The number of amides is 1. The Bertz CT molecular complexity index is 747. The van der Waals surface area contributed by atoms with Gasteiger partial charge in [-0.3, -0.25) is 9.59 Å². The van der Waals surface area contributed by atoms with Crippen molar-refractivity contribution in [1.29, 1.82) is 0 Å². The van der Waals surface area contributed by atoms with Gasteiger partial charge in [0.15, 0.2) is 0 Å². The number of hydrogen-bond acceptors (Lipinski definition) is 3. The molecular weight excluding hydrogens is 365 g/mol. The van der Waals surface area contributed by atoms with E-state index in [9.17, 15) is 9.59 Å². The summed E-state index contributed by atoms with van der Waals surface area (Å²) in [5.41, 5.74) is 1.02. The molecule has 0 atom stereocenters. The Morgan fingerprint density at radius 2 is 1.76 bits per heavy atom. The highest BCUT2D eigenvalue weighted by molar-refractivity contribution is 6.34. The maximum Gasteiger partial charge on any atom is 0.303 e. The van der Waals surface area contributed by atoms with Crippen LogP contribution in [0.3, 0.4) is 0 Å². The summed E-state index contributed by atoms with van der Waals surface area (Å²) < 4.78 is 5.70. The van der Waals surface area contributed by atoms with Gasteiger partial charge in [0.25, 0.3) is 0 Å². The minimum absolute atomic E-state index is 0.0114. The van der Waals surface area contributed by atoms with E-state index in [-0.39, 0.29) is 18.7 Å². The van der Waals surface area contributed by atoms with Crippen LogP contribution >= 0.6 is 23.2 Å². The van der Waals surface area contributed by atoms with Crippen molar-refractivity contribution in [3.05, 3.63) is 58.1 Å². The summed E-state index contributed by atoms with van der Waals surface area (Å²) in [4.78, 5) is 21.8. The predicted octanol–water partition coefficient (Wildman–Crippen LogP) is 4.31. The molecule has 0 aromatic heterocycles. The van der Waals surface area contributed by atoms with E-state index in [1.807, 2.05) is 12.1 Å². The first kappa shape index (κ1) is 19.1. The predicted molar refractivity (Wildman–Crippen MR) is 96.6 cm³/mol. The Balaban J connectivity index is 1.82. The summed E-state index contributed by atoms with van der Waals surface area (Å²) in [6, 6.07) is 12.4. The number of carbonyl (C=O) groups is 2.